The molecule has 3 nitrogen and oxygen atoms in total. The SMILES string of the molecule is Fc1ccc(-c2cc(-n3ccnc3)ccc2F)nc1. The van der Waals surface area contributed by atoms with E-state index in [0.717, 1.165) is 11.9 Å². The van der Waals surface area contributed by atoms with Gasteiger partial charge in [0.2, 0.25) is 0 Å². The van der Waals surface area contributed by atoms with Crippen molar-refractivity contribution in [3.8, 4) is 16.9 Å². The molecule has 0 saturated carbocycles. The summed E-state index contributed by atoms with van der Waals surface area (Å²) >= 11 is 0. The third-order valence-electron chi connectivity index (χ3n) is 2.76. The molecule has 19 heavy (non-hydrogen) atoms. The first-order valence-electron chi connectivity index (χ1n) is 5.64. The normalized spacial score (nSPS) is 10.6. The Morgan fingerprint density at radius 1 is 1.05 bits per heavy atom. The summed E-state index contributed by atoms with van der Waals surface area (Å²) in [4.78, 5) is 7.83. The molecule has 0 spiro atoms. The van der Waals surface area contributed by atoms with Crippen LogP contribution < -0.4 is 0 Å². The van der Waals surface area contributed by atoms with Gasteiger partial charge < -0.3 is 4.57 Å². The lowest BCUT2D eigenvalue weighted by atomic mass is 10.1. The number of rotatable bonds is 2. The fourth-order valence-electron chi connectivity index (χ4n) is 1.82. The van der Waals surface area contributed by atoms with E-state index >= 15 is 0 Å². The number of hydrogen-bond donors (Lipinski definition) is 0. The van der Waals surface area contributed by atoms with Crippen molar-refractivity contribution in [1.29, 1.82) is 0 Å². The lowest BCUT2D eigenvalue weighted by Crippen LogP contribution is -1.94. The molecule has 0 unspecified atom stereocenters. The summed E-state index contributed by atoms with van der Waals surface area (Å²) in [6.07, 6.45) is 6.09. The predicted octanol–water partition coefficient (Wildman–Crippen LogP) is 3.21. The largest absolute Gasteiger partial charge is 0.306 e. The van der Waals surface area contributed by atoms with Gasteiger partial charge in [0.25, 0.3) is 0 Å². The highest BCUT2D eigenvalue weighted by Crippen LogP contribution is 2.23. The number of nitrogens with zero attached hydrogens (tertiary/aromatic N) is 3. The van der Waals surface area contributed by atoms with Crippen LogP contribution in [0.5, 0.6) is 0 Å². The van der Waals surface area contributed by atoms with Gasteiger partial charge in [-0.2, -0.15) is 0 Å². The number of imidazole rings is 1. The van der Waals surface area contributed by atoms with Crippen molar-refractivity contribution in [2.75, 3.05) is 0 Å². The molecular formula is C14H9F2N3. The van der Waals surface area contributed by atoms with Gasteiger partial charge in [-0.3, -0.25) is 4.98 Å². The molecule has 0 fully saturated rings. The Hall–Kier alpha value is -2.56. The van der Waals surface area contributed by atoms with E-state index < -0.39 is 11.6 Å². The summed E-state index contributed by atoms with van der Waals surface area (Å²) < 4.78 is 28.4. The first-order valence-corrected chi connectivity index (χ1v) is 5.64. The van der Waals surface area contributed by atoms with Crippen molar-refractivity contribution in [2.45, 2.75) is 0 Å². The molecule has 0 bridgehead atoms. The molecule has 3 rings (SSSR count). The third kappa shape index (κ3) is 2.22. The Morgan fingerprint density at radius 3 is 2.63 bits per heavy atom. The molecule has 0 N–H and O–H groups in total. The Balaban J connectivity index is 2.10. The first-order chi connectivity index (χ1) is 9.24. The lowest BCUT2D eigenvalue weighted by molar-refractivity contribution is 0.619. The molecule has 0 saturated heterocycles. The van der Waals surface area contributed by atoms with Crippen molar-refractivity contribution >= 4 is 0 Å². The van der Waals surface area contributed by atoms with Crippen molar-refractivity contribution in [1.82, 2.24) is 14.5 Å². The van der Waals surface area contributed by atoms with Crippen molar-refractivity contribution in [3.05, 3.63) is 66.9 Å². The van der Waals surface area contributed by atoms with E-state index in [0.29, 0.717) is 11.3 Å². The maximum Gasteiger partial charge on any atom is 0.141 e. The first kappa shape index (κ1) is 11.5. The minimum Gasteiger partial charge on any atom is -0.306 e. The molecule has 2 aromatic heterocycles. The summed E-state index contributed by atoms with van der Waals surface area (Å²) in [5.41, 5.74) is 1.48. The van der Waals surface area contributed by atoms with Crippen molar-refractivity contribution < 1.29 is 8.78 Å². The molecule has 3 aromatic rings. The zero-order valence-electron chi connectivity index (χ0n) is 9.79. The van der Waals surface area contributed by atoms with Crippen LogP contribution in [0.3, 0.4) is 0 Å². The van der Waals surface area contributed by atoms with Gasteiger partial charge >= 0.3 is 0 Å². The van der Waals surface area contributed by atoms with Gasteiger partial charge in [0.05, 0.1) is 18.2 Å². The van der Waals surface area contributed by atoms with Gasteiger partial charge in [-0.05, 0) is 30.3 Å². The van der Waals surface area contributed by atoms with E-state index in [-0.39, 0.29) is 0 Å². The van der Waals surface area contributed by atoms with E-state index in [1.54, 1.807) is 35.4 Å². The molecule has 94 valence electrons. The Labute approximate surface area is 108 Å². The monoisotopic (exact) mass is 257 g/mol. The molecule has 0 aliphatic carbocycles. The van der Waals surface area contributed by atoms with Crippen LogP contribution in [0.25, 0.3) is 16.9 Å². The average Bonchev–Trinajstić information content (AvgIpc) is 2.94. The summed E-state index contributed by atoms with van der Waals surface area (Å²) in [6, 6.07) is 7.36. The van der Waals surface area contributed by atoms with E-state index in [2.05, 4.69) is 9.97 Å². The van der Waals surface area contributed by atoms with Crippen LogP contribution in [0, 0.1) is 11.6 Å². The molecule has 0 atom stereocenters. The third-order valence-corrected chi connectivity index (χ3v) is 2.76. The van der Waals surface area contributed by atoms with Gasteiger partial charge in [0.1, 0.15) is 11.6 Å². The van der Waals surface area contributed by atoms with Gasteiger partial charge in [-0.15, -0.1) is 0 Å². The predicted molar refractivity (Wildman–Crippen MR) is 66.7 cm³/mol. The van der Waals surface area contributed by atoms with Crippen LogP contribution >= 0.6 is 0 Å². The molecule has 0 aliphatic rings. The Kier molecular flexibility index (Phi) is 2.79. The van der Waals surface area contributed by atoms with E-state index in [4.69, 9.17) is 0 Å². The smallest absolute Gasteiger partial charge is 0.141 e. The van der Waals surface area contributed by atoms with Crippen LogP contribution in [0.4, 0.5) is 8.78 Å². The molecule has 0 radical (unpaired) electrons. The van der Waals surface area contributed by atoms with E-state index in [1.807, 2.05) is 0 Å². The van der Waals surface area contributed by atoms with Gasteiger partial charge in [-0.1, -0.05) is 0 Å². The van der Waals surface area contributed by atoms with E-state index in [9.17, 15) is 8.78 Å². The zero-order valence-corrected chi connectivity index (χ0v) is 9.79. The topological polar surface area (TPSA) is 30.7 Å². The van der Waals surface area contributed by atoms with Gasteiger partial charge in [-0.25, -0.2) is 13.8 Å². The van der Waals surface area contributed by atoms with Crippen LogP contribution in [0.2, 0.25) is 0 Å². The molecule has 1 aromatic carbocycles. The van der Waals surface area contributed by atoms with Crippen molar-refractivity contribution in [3.63, 3.8) is 0 Å². The maximum absolute atomic E-state index is 13.8. The number of pyridine rings is 1. The number of benzene rings is 1. The summed E-state index contributed by atoms with van der Waals surface area (Å²) in [6.45, 7) is 0. The Morgan fingerprint density at radius 2 is 1.95 bits per heavy atom. The Bertz CT molecular complexity index is 691. The van der Waals surface area contributed by atoms with Crippen LogP contribution in [0.15, 0.2) is 55.2 Å². The molecule has 0 aliphatic heterocycles. The average molecular weight is 257 g/mol. The summed E-state index contributed by atoms with van der Waals surface area (Å²) in [7, 11) is 0. The minimum absolute atomic E-state index is 0.325. The molecule has 2 heterocycles. The van der Waals surface area contributed by atoms with Crippen molar-refractivity contribution in [2.24, 2.45) is 0 Å². The van der Waals surface area contributed by atoms with Gasteiger partial charge in [0.15, 0.2) is 0 Å². The fraction of sp³-hybridized carbons (Fsp3) is 0. The minimum atomic E-state index is -0.449. The highest BCUT2D eigenvalue weighted by atomic mass is 19.1. The molecule has 0 amide bonds. The second-order valence-corrected chi connectivity index (χ2v) is 4.00. The fourth-order valence-corrected chi connectivity index (χ4v) is 1.82. The number of halogens is 2. The highest BCUT2D eigenvalue weighted by molar-refractivity contribution is 5.63. The number of hydrogen-bond acceptors (Lipinski definition) is 2. The lowest BCUT2D eigenvalue weighted by Gasteiger charge is -2.07. The zero-order chi connectivity index (χ0) is 13.2. The number of aromatic nitrogens is 3. The highest BCUT2D eigenvalue weighted by Gasteiger charge is 2.08. The van der Waals surface area contributed by atoms with Gasteiger partial charge in [0, 0.05) is 23.6 Å². The molecule has 5 heteroatoms. The van der Waals surface area contributed by atoms with Crippen LogP contribution in [-0.2, 0) is 0 Å². The second kappa shape index (κ2) is 4.61. The molecular weight excluding hydrogens is 248 g/mol. The maximum atomic E-state index is 13.8. The second-order valence-electron chi connectivity index (χ2n) is 4.00. The van der Waals surface area contributed by atoms with E-state index in [1.165, 1.54) is 18.2 Å². The summed E-state index contributed by atoms with van der Waals surface area (Å²) in [5.74, 6) is -0.849. The van der Waals surface area contributed by atoms with Crippen LogP contribution in [-0.4, -0.2) is 14.5 Å². The standard InChI is InChI=1S/C14H9F2N3/c15-10-1-4-14(18-8-10)12-7-11(2-3-13(12)16)19-6-5-17-9-19/h1-9H. The summed E-state index contributed by atoms with van der Waals surface area (Å²) in [5, 5.41) is 0. The quantitative estimate of drug-likeness (QED) is 0.705. The van der Waals surface area contributed by atoms with Crippen LogP contribution in [0.1, 0.15) is 0 Å².